The lowest BCUT2D eigenvalue weighted by Crippen LogP contribution is -2.31. The number of aryl methyl sites for hydroxylation is 1. The second kappa shape index (κ2) is 4.88. The van der Waals surface area contributed by atoms with Gasteiger partial charge in [0.25, 0.3) is 5.69 Å². The van der Waals surface area contributed by atoms with Crippen LogP contribution in [0.25, 0.3) is 0 Å². The van der Waals surface area contributed by atoms with Crippen LogP contribution in [0, 0.1) is 26.9 Å². The number of benzene rings is 1. The molecule has 0 spiro atoms. The zero-order valence-electron chi connectivity index (χ0n) is 11.1. The molecule has 2 saturated heterocycles. The first kappa shape index (κ1) is 13.1. The first-order valence-corrected chi connectivity index (χ1v) is 6.94. The van der Waals surface area contributed by atoms with Crippen LogP contribution in [0.3, 0.4) is 0 Å². The van der Waals surface area contributed by atoms with Crippen molar-refractivity contribution >= 4 is 5.69 Å². The average molecular weight is 272 g/mol. The van der Waals surface area contributed by atoms with Gasteiger partial charge >= 0.3 is 0 Å². The maximum Gasteiger partial charge on any atom is 0.272 e. The normalized spacial score (nSPS) is 31.1. The molecule has 1 aromatic carbocycles. The number of nitrogens with zero attached hydrogens (tertiary/aromatic N) is 2. The van der Waals surface area contributed by atoms with E-state index in [1.807, 2.05) is 0 Å². The monoisotopic (exact) mass is 272 g/mol. The first-order chi connectivity index (χ1) is 9.64. The molecule has 5 nitrogen and oxygen atoms in total. The summed E-state index contributed by atoms with van der Waals surface area (Å²) in [5, 5.41) is 20.5. The SMILES string of the molecule is N#CC1(CCc2ccccc2[N+](=O)[O-])CC2CCC1O2. The smallest absolute Gasteiger partial charge is 0.272 e. The van der Waals surface area contributed by atoms with Crippen molar-refractivity contribution in [2.75, 3.05) is 0 Å². The van der Waals surface area contributed by atoms with E-state index in [0.717, 1.165) is 19.3 Å². The number of fused-ring (bicyclic) bond motifs is 2. The predicted octanol–water partition coefficient (Wildman–Crippen LogP) is 2.99. The molecule has 2 aliphatic rings. The van der Waals surface area contributed by atoms with E-state index in [1.165, 1.54) is 6.07 Å². The fourth-order valence-electron chi connectivity index (χ4n) is 3.49. The Labute approximate surface area is 117 Å². The van der Waals surface area contributed by atoms with Crippen molar-refractivity contribution in [1.29, 1.82) is 5.26 Å². The zero-order chi connectivity index (χ0) is 14.2. The van der Waals surface area contributed by atoms with Crippen molar-refractivity contribution in [2.24, 2.45) is 5.41 Å². The Bertz CT molecular complexity index is 581. The fraction of sp³-hybridized carbons (Fsp3) is 0.533. The maximum absolute atomic E-state index is 11.0. The molecule has 104 valence electrons. The Balaban J connectivity index is 1.77. The van der Waals surface area contributed by atoms with Crippen LogP contribution in [0.1, 0.15) is 31.2 Å². The first-order valence-electron chi connectivity index (χ1n) is 6.94. The van der Waals surface area contributed by atoms with Crippen LogP contribution >= 0.6 is 0 Å². The lowest BCUT2D eigenvalue weighted by atomic mass is 9.71. The van der Waals surface area contributed by atoms with Crippen molar-refractivity contribution < 1.29 is 9.66 Å². The summed E-state index contributed by atoms with van der Waals surface area (Å²) >= 11 is 0. The fourth-order valence-corrected chi connectivity index (χ4v) is 3.49. The van der Waals surface area contributed by atoms with Crippen molar-refractivity contribution in [2.45, 2.75) is 44.3 Å². The Kier molecular flexibility index (Phi) is 3.19. The van der Waals surface area contributed by atoms with Crippen LogP contribution in [-0.4, -0.2) is 17.1 Å². The third-order valence-corrected chi connectivity index (χ3v) is 4.57. The van der Waals surface area contributed by atoms with Crippen LogP contribution in [0.4, 0.5) is 5.69 Å². The molecule has 0 aliphatic carbocycles. The molecule has 0 radical (unpaired) electrons. The molecular weight excluding hydrogens is 256 g/mol. The minimum absolute atomic E-state index is 0.0141. The van der Waals surface area contributed by atoms with E-state index in [4.69, 9.17) is 4.74 Å². The van der Waals surface area contributed by atoms with E-state index in [9.17, 15) is 15.4 Å². The van der Waals surface area contributed by atoms with Crippen molar-refractivity contribution in [1.82, 2.24) is 0 Å². The van der Waals surface area contributed by atoms with Crippen LogP contribution in [0.2, 0.25) is 0 Å². The summed E-state index contributed by atoms with van der Waals surface area (Å²) in [5.41, 5.74) is 0.395. The molecule has 2 bridgehead atoms. The van der Waals surface area contributed by atoms with Crippen LogP contribution in [0.15, 0.2) is 24.3 Å². The molecule has 5 heteroatoms. The Morgan fingerprint density at radius 2 is 2.25 bits per heavy atom. The number of para-hydroxylation sites is 1. The largest absolute Gasteiger partial charge is 0.373 e. The highest BCUT2D eigenvalue weighted by molar-refractivity contribution is 5.40. The highest BCUT2D eigenvalue weighted by Crippen LogP contribution is 2.50. The van der Waals surface area contributed by atoms with Crippen molar-refractivity contribution in [3.8, 4) is 6.07 Å². The van der Waals surface area contributed by atoms with Crippen LogP contribution in [0.5, 0.6) is 0 Å². The summed E-state index contributed by atoms with van der Waals surface area (Å²) in [7, 11) is 0. The Hall–Kier alpha value is -1.93. The van der Waals surface area contributed by atoms with Gasteiger partial charge in [0.15, 0.2) is 0 Å². The minimum Gasteiger partial charge on any atom is -0.373 e. The predicted molar refractivity (Wildman–Crippen MR) is 72.0 cm³/mol. The topological polar surface area (TPSA) is 76.2 Å². The van der Waals surface area contributed by atoms with E-state index in [0.29, 0.717) is 18.4 Å². The molecule has 3 atom stereocenters. The number of hydrogen-bond acceptors (Lipinski definition) is 4. The van der Waals surface area contributed by atoms with Gasteiger partial charge in [-0.25, -0.2) is 0 Å². The van der Waals surface area contributed by atoms with Gasteiger partial charge in [0, 0.05) is 11.6 Å². The highest BCUT2D eigenvalue weighted by atomic mass is 16.6. The molecule has 2 heterocycles. The third kappa shape index (κ3) is 2.06. The summed E-state index contributed by atoms with van der Waals surface area (Å²) in [6, 6.07) is 9.20. The summed E-state index contributed by atoms with van der Waals surface area (Å²) in [4.78, 5) is 10.7. The average Bonchev–Trinajstić information content (AvgIpc) is 3.06. The van der Waals surface area contributed by atoms with E-state index >= 15 is 0 Å². The number of nitro groups is 1. The number of rotatable bonds is 4. The molecule has 0 N–H and O–H groups in total. The van der Waals surface area contributed by atoms with E-state index in [-0.39, 0.29) is 22.8 Å². The van der Waals surface area contributed by atoms with Gasteiger partial charge in [-0.1, -0.05) is 18.2 Å². The van der Waals surface area contributed by atoms with Gasteiger partial charge in [0.2, 0.25) is 0 Å². The zero-order valence-corrected chi connectivity index (χ0v) is 11.1. The van der Waals surface area contributed by atoms with E-state index < -0.39 is 5.41 Å². The van der Waals surface area contributed by atoms with E-state index in [1.54, 1.807) is 18.2 Å². The molecule has 3 unspecified atom stereocenters. The lowest BCUT2D eigenvalue weighted by Gasteiger charge is -2.28. The molecule has 3 rings (SSSR count). The van der Waals surface area contributed by atoms with Gasteiger partial charge in [-0.3, -0.25) is 10.1 Å². The third-order valence-electron chi connectivity index (χ3n) is 4.57. The molecule has 20 heavy (non-hydrogen) atoms. The van der Waals surface area contributed by atoms with E-state index in [2.05, 4.69) is 6.07 Å². The number of hydrogen-bond donors (Lipinski definition) is 0. The van der Waals surface area contributed by atoms with Gasteiger partial charge in [-0.2, -0.15) is 5.26 Å². The lowest BCUT2D eigenvalue weighted by molar-refractivity contribution is -0.385. The van der Waals surface area contributed by atoms with Crippen molar-refractivity contribution in [3.63, 3.8) is 0 Å². The summed E-state index contributed by atoms with van der Waals surface area (Å²) in [6.07, 6.45) is 4.17. The van der Waals surface area contributed by atoms with Gasteiger partial charge in [0.1, 0.15) is 0 Å². The van der Waals surface area contributed by atoms with Gasteiger partial charge in [-0.15, -0.1) is 0 Å². The molecule has 1 aromatic rings. The number of nitro benzene ring substituents is 1. The molecule has 2 aliphatic heterocycles. The number of nitriles is 1. The number of ether oxygens (including phenoxy) is 1. The summed E-state index contributed by atoms with van der Waals surface area (Å²) in [5.74, 6) is 0. The van der Waals surface area contributed by atoms with Gasteiger partial charge in [-0.05, 0) is 32.1 Å². The molecule has 0 amide bonds. The van der Waals surface area contributed by atoms with Crippen LogP contribution in [-0.2, 0) is 11.2 Å². The molecule has 0 saturated carbocycles. The maximum atomic E-state index is 11.0. The van der Waals surface area contributed by atoms with Gasteiger partial charge in [0.05, 0.1) is 28.6 Å². The second-order valence-electron chi connectivity index (χ2n) is 5.68. The minimum atomic E-state index is -0.452. The quantitative estimate of drug-likeness (QED) is 0.623. The highest BCUT2D eigenvalue weighted by Gasteiger charge is 2.52. The molecular formula is C15H16N2O3. The van der Waals surface area contributed by atoms with Crippen molar-refractivity contribution in [3.05, 3.63) is 39.9 Å². The van der Waals surface area contributed by atoms with Crippen LogP contribution < -0.4 is 0 Å². The second-order valence-corrected chi connectivity index (χ2v) is 5.68. The Morgan fingerprint density at radius 1 is 1.45 bits per heavy atom. The summed E-state index contributed by atoms with van der Waals surface area (Å²) < 4.78 is 5.79. The standard InChI is InChI=1S/C15H16N2O3/c16-10-15(9-12-5-6-14(15)20-12)8-7-11-3-1-2-4-13(11)17(18)19/h1-4,12,14H,5-9H2. The van der Waals surface area contributed by atoms with Gasteiger partial charge < -0.3 is 4.74 Å². The Morgan fingerprint density at radius 3 is 2.85 bits per heavy atom. The molecule has 0 aromatic heterocycles. The molecule has 2 fully saturated rings. The summed E-state index contributed by atoms with van der Waals surface area (Å²) in [6.45, 7) is 0.